The fourth-order valence-corrected chi connectivity index (χ4v) is 8.57. The fourth-order valence-electron chi connectivity index (χ4n) is 7.18. The van der Waals surface area contributed by atoms with Crippen LogP contribution in [0.15, 0.2) is 58.4 Å². The molecule has 11 nitrogen and oxygen atoms in total. The first-order chi connectivity index (χ1) is 26.9. The predicted molar refractivity (Wildman–Crippen MR) is 199 cm³/mol. The van der Waals surface area contributed by atoms with E-state index in [-0.39, 0.29) is 36.8 Å². The summed E-state index contributed by atoms with van der Waals surface area (Å²) in [4.78, 5) is 32.6. The first-order valence-corrected chi connectivity index (χ1v) is 19.3. The molecule has 302 valence electrons. The highest BCUT2D eigenvalue weighted by Crippen LogP contribution is 2.45. The maximum Gasteiger partial charge on any atom is 0.407 e. The molecular formula is C40H39F5N4O7S. The van der Waals surface area contributed by atoms with E-state index in [0.29, 0.717) is 28.9 Å². The fraction of sp³-hybridized carbons (Fsp3) is 0.325. The highest BCUT2D eigenvalue weighted by molar-refractivity contribution is 7.89. The number of hydrogen-bond acceptors (Lipinski definition) is 8. The molecule has 57 heavy (non-hydrogen) atoms. The third-order valence-corrected chi connectivity index (χ3v) is 11.5. The van der Waals surface area contributed by atoms with Crippen LogP contribution in [-0.4, -0.2) is 51.6 Å². The highest BCUT2D eigenvalue weighted by Gasteiger charge is 2.37. The Bertz CT molecular complexity index is 2330. The Labute approximate surface area is 325 Å². The largest absolute Gasteiger partial charge is 0.487 e. The molecule has 0 unspecified atom stereocenters. The van der Waals surface area contributed by atoms with Crippen LogP contribution in [0.5, 0.6) is 11.5 Å². The van der Waals surface area contributed by atoms with Crippen molar-refractivity contribution in [2.24, 2.45) is 4.99 Å². The Morgan fingerprint density at radius 1 is 0.895 bits per heavy atom. The molecule has 0 radical (unpaired) electrons. The monoisotopic (exact) mass is 814 g/mol. The van der Waals surface area contributed by atoms with Gasteiger partial charge in [-0.2, -0.15) is 8.78 Å². The number of halogens is 5. The number of carbonyl (C=O) groups excluding carboxylic acids is 2. The van der Waals surface area contributed by atoms with Gasteiger partial charge in [0.1, 0.15) is 24.0 Å². The van der Waals surface area contributed by atoms with Gasteiger partial charge in [0.15, 0.2) is 0 Å². The van der Waals surface area contributed by atoms with Gasteiger partial charge in [0.05, 0.1) is 11.2 Å². The molecule has 0 fully saturated rings. The number of esters is 1. The van der Waals surface area contributed by atoms with Crippen LogP contribution in [0.2, 0.25) is 0 Å². The maximum atomic E-state index is 14.4. The lowest BCUT2D eigenvalue weighted by atomic mass is 9.94. The summed E-state index contributed by atoms with van der Waals surface area (Å²) in [5, 5.41) is 2.26. The number of alkyl carbamates (subject to hydrolysis) is 1. The van der Waals surface area contributed by atoms with E-state index in [0.717, 1.165) is 34.2 Å². The molecule has 6 rings (SSSR count). The quantitative estimate of drug-likeness (QED) is 0.0149. The van der Waals surface area contributed by atoms with E-state index in [9.17, 15) is 40.0 Å². The number of carbonyl (C=O) groups is 2. The average Bonchev–Trinajstić information content (AvgIpc) is 3.69. The summed E-state index contributed by atoms with van der Waals surface area (Å²) in [7, 11) is -4.09. The molecule has 2 aliphatic rings. The van der Waals surface area contributed by atoms with Gasteiger partial charge in [-0.3, -0.25) is 10.4 Å². The van der Waals surface area contributed by atoms with Crippen molar-refractivity contribution in [2.45, 2.75) is 76.3 Å². The summed E-state index contributed by atoms with van der Waals surface area (Å²) in [5.74, 6) is -14.9. The van der Waals surface area contributed by atoms with Gasteiger partial charge in [0.2, 0.25) is 34.8 Å². The van der Waals surface area contributed by atoms with Gasteiger partial charge < -0.3 is 19.5 Å². The number of rotatable bonds is 13. The molecule has 1 heterocycles. The van der Waals surface area contributed by atoms with Crippen LogP contribution >= 0.6 is 0 Å². The lowest BCUT2D eigenvalue weighted by molar-refractivity contribution is -0.137. The lowest BCUT2D eigenvalue weighted by Gasteiger charge is -2.19. The van der Waals surface area contributed by atoms with E-state index in [1.165, 1.54) is 0 Å². The highest BCUT2D eigenvalue weighted by atomic mass is 32.2. The number of ether oxygens (including phenoxy) is 3. The Hall–Kier alpha value is -5.55. The molecule has 0 spiro atoms. The molecule has 1 atom stereocenters. The second-order valence-corrected chi connectivity index (χ2v) is 15.9. The van der Waals surface area contributed by atoms with Crippen LogP contribution in [0.4, 0.5) is 26.7 Å². The van der Waals surface area contributed by atoms with Crippen molar-refractivity contribution in [2.75, 3.05) is 13.2 Å². The van der Waals surface area contributed by atoms with Gasteiger partial charge in [-0.05, 0) is 86.4 Å². The molecule has 1 aliphatic carbocycles. The molecule has 3 N–H and O–H groups in total. The van der Waals surface area contributed by atoms with Crippen molar-refractivity contribution in [1.29, 1.82) is 0 Å². The number of fused-ring (bicyclic) bond motifs is 4. The summed E-state index contributed by atoms with van der Waals surface area (Å²) in [6.07, 6.45) is 0.114. The molecule has 1 amide bonds. The number of amides is 1. The minimum atomic E-state index is -4.09. The minimum Gasteiger partial charge on any atom is -0.487 e. The molecular weight excluding hydrogens is 776 g/mol. The van der Waals surface area contributed by atoms with Gasteiger partial charge >= 0.3 is 12.1 Å². The Kier molecular flexibility index (Phi) is 11.6. The smallest absolute Gasteiger partial charge is 0.407 e. The number of hydrogen-bond donors (Lipinski definition) is 3. The predicted octanol–water partition coefficient (Wildman–Crippen LogP) is 7.13. The third kappa shape index (κ3) is 8.16. The van der Waals surface area contributed by atoms with Crippen molar-refractivity contribution in [3.05, 3.63) is 111 Å². The van der Waals surface area contributed by atoms with E-state index < -0.39 is 68.6 Å². The normalized spacial score (nSPS) is 14.8. The number of nitrogens with one attached hydrogen (secondary N) is 3. The van der Waals surface area contributed by atoms with Crippen molar-refractivity contribution >= 4 is 28.4 Å². The molecule has 0 bridgehead atoms. The van der Waals surface area contributed by atoms with Crippen molar-refractivity contribution in [3.63, 3.8) is 0 Å². The zero-order valence-corrected chi connectivity index (χ0v) is 32.3. The van der Waals surface area contributed by atoms with Gasteiger partial charge in [0.25, 0.3) is 10.0 Å². The minimum absolute atomic E-state index is 0.0243. The molecule has 0 saturated heterocycles. The summed E-state index contributed by atoms with van der Waals surface area (Å²) < 4.78 is 113. The average molecular weight is 815 g/mol. The number of nitrogens with zero attached hydrogens (tertiary/aromatic N) is 1. The van der Waals surface area contributed by atoms with Crippen LogP contribution in [-0.2, 0) is 26.0 Å². The lowest BCUT2D eigenvalue weighted by Crippen LogP contribution is -2.44. The topological polar surface area (TPSA) is 144 Å². The first kappa shape index (κ1) is 41.1. The van der Waals surface area contributed by atoms with Crippen molar-refractivity contribution in [3.8, 4) is 22.6 Å². The second kappa shape index (κ2) is 16.1. The summed E-state index contributed by atoms with van der Waals surface area (Å²) in [6, 6.07) is 13.3. The van der Waals surface area contributed by atoms with Crippen LogP contribution in [0.25, 0.3) is 11.1 Å². The van der Waals surface area contributed by atoms with Crippen LogP contribution in [0.1, 0.15) is 66.0 Å². The Morgan fingerprint density at radius 2 is 1.47 bits per heavy atom. The zero-order chi connectivity index (χ0) is 41.4. The number of aliphatic imine (C=N–C) groups is 1. The molecule has 4 aromatic rings. The Balaban J connectivity index is 1.11. The number of sulfonamides is 1. The van der Waals surface area contributed by atoms with Gasteiger partial charge in [-0.25, -0.2) is 31.2 Å². The van der Waals surface area contributed by atoms with E-state index in [1.807, 2.05) is 62.4 Å². The van der Waals surface area contributed by atoms with Gasteiger partial charge in [0, 0.05) is 24.4 Å². The van der Waals surface area contributed by atoms with E-state index >= 15 is 0 Å². The van der Waals surface area contributed by atoms with E-state index in [2.05, 4.69) is 25.3 Å². The van der Waals surface area contributed by atoms with Gasteiger partial charge in [-0.1, -0.05) is 48.5 Å². The second-order valence-electron chi connectivity index (χ2n) is 14.3. The van der Waals surface area contributed by atoms with Crippen molar-refractivity contribution in [1.82, 2.24) is 15.6 Å². The van der Waals surface area contributed by atoms with Gasteiger partial charge in [-0.15, -0.1) is 4.83 Å². The SMILES string of the molecule is Cc1c(C)c(S(=O)(=O)NNC=NCCC[C@@H](NC(=O)OCC2c3ccccc3-c3ccccc32)C(=O)Oc2c(F)c(F)c(F)c(F)c2F)c(C)c2c1OC(C)(C)C2. The molecule has 17 heteroatoms. The molecule has 0 saturated carbocycles. The standard InChI is InChI=1S/C40H39F5N4O7S/c1-20-21(2)37(22(3)27-17-40(4,5)56-35(20)27)57(52,53)49-47-19-46-16-10-15-29(38(50)55-36-33(44)31(42)30(41)32(43)34(36)45)48-39(51)54-18-28-25-13-8-6-11-23(25)24-12-7-9-14-26(24)28/h6-9,11-14,19,28-29,49H,10,15-18H2,1-5H3,(H,46,47)(H,48,51)/t29-/m1/s1. The molecule has 4 aromatic carbocycles. The summed E-state index contributed by atoms with van der Waals surface area (Å²) in [5.41, 5.74) is 8.21. The molecule has 1 aliphatic heterocycles. The van der Waals surface area contributed by atoms with Crippen LogP contribution in [0.3, 0.4) is 0 Å². The number of benzene rings is 4. The van der Waals surface area contributed by atoms with E-state index in [1.54, 1.807) is 20.8 Å². The van der Waals surface area contributed by atoms with E-state index in [4.69, 9.17) is 9.47 Å². The summed E-state index contributed by atoms with van der Waals surface area (Å²) in [6.45, 7) is 8.77. The zero-order valence-electron chi connectivity index (χ0n) is 31.5. The maximum absolute atomic E-state index is 14.4. The first-order valence-electron chi connectivity index (χ1n) is 17.9. The molecule has 0 aromatic heterocycles. The van der Waals surface area contributed by atoms with Crippen molar-refractivity contribution < 1.29 is 54.2 Å². The number of hydrazine groups is 1. The van der Waals surface area contributed by atoms with Crippen LogP contribution in [0, 0.1) is 49.9 Å². The third-order valence-electron chi connectivity index (χ3n) is 9.98. The summed E-state index contributed by atoms with van der Waals surface area (Å²) >= 11 is 0. The van der Waals surface area contributed by atoms with Crippen LogP contribution < -0.4 is 25.0 Å². The Morgan fingerprint density at radius 3 is 2.09 bits per heavy atom.